The topological polar surface area (TPSA) is 47.6 Å². The van der Waals surface area contributed by atoms with E-state index in [1.807, 2.05) is 31.2 Å². The molecule has 0 aromatic heterocycles. The largest absolute Gasteiger partial charge is 0.198 e. The fourth-order valence-electron chi connectivity index (χ4n) is 0.672. The molecule has 0 spiro atoms. The summed E-state index contributed by atoms with van der Waals surface area (Å²) >= 11 is 0. The lowest BCUT2D eigenvalue weighted by atomic mass is 10.1. The number of rotatable bonds is 4. The summed E-state index contributed by atoms with van der Waals surface area (Å²) in [4.78, 5) is 0. The Balaban J connectivity index is 3.45. The minimum absolute atomic E-state index is 0.00931. The second kappa shape index (κ2) is 7.57. The van der Waals surface area contributed by atoms with Gasteiger partial charge >= 0.3 is 0 Å². The number of allylic oxidation sites excluding steroid dienone is 4. The predicted molar refractivity (Wildman–Crippen MR) is 47.9 cm³/mol. The average molecular weight is 160 g/mol. The molecule has 1 atom stereocenters. The van der Waals surface area contributed by atoms with E-state index in [1.165, 1.54) is 6.08 Å². The highest BCUT2D eigenvalue weighted by atomic mass is 14.2. The van der Waals surface area contributed by atoms with Crippen LogP contribution < -0.4 is 0 Å². The van der Waals surface area contributed by atoms with Crippen LogP contribution in [0.15, 0.2) is 24.3 Å². The smallest absolute Gasteiger partial charge is 0.0908 e. The van der Waals surface area contributed by atoms with Crippen LogP contribution in [-0.2, 0) is 0 Å². The van der Waals surface area contributed by atoms with Gasteiger partial charge in [-0.1, -0.05) is 18.2 Å². The highest BCUT2D eigenvalue weighted by Crippen LogP contribution is 1.98. The van der Waals surface area contributed by atoms with E-state index >= 15 is 0 Å². The maximum Gasteiger partial charge on any atom is 0.0908 e. The minimum Gasteiger partial charge on any atom is -0.198 e. The molecule has 0 aliphatic carbocycles. The number of nitrogens with zero attached hydrogens (tertiary/aromatic N) is 2. The molecule has 0 aromatic rings. The lowest BCUT2D eigenvalue weighted by Crippen LogP contribution is -1.80. The summed E-state index contributed by atoms with van der Waals surface area (Å²) in [6.07, 6.45) is 8.89. The molecule has 2 heteroatoms. The van der Waals surface area contributed by atoms with Crippen LogP contribution in [0.3, 0.4) is 0 Å². The zero-order valence-corrected chi connectivity index (χ0v) is 7.20. The summed E-state index contributed by atoms with van der Waals surface area (Å²) < 4.78 is 0. The summed E-state index contributed by atoms with van der Waals surface area (Å²) in [7, 11) is 0. The molecule has 0 saturated carbocycles. The van der Waals surface area contributed by atoms with Crippen molar-refractivity contribution in [2.24, 2.45) is 5.92 Å². The van der Waals surface area contributed by atoms with Gasteiger partial charge < -0.3 is 0 Å². The third kappa shape index (κ3) is 6.58. The number of hydrogen-bond donors (Lipinski definition) is 0. The van der Waals surface area contributed by atoms with Gasteiger partial charge in [0.25, 0.3) is 0 Å². The minimum atomic E-state index is -0.00931. The molecule has 0 amide bonds. The molecule has 0 saturated heterocycles. The Bertz CT molecular complexity index is 238. The van der Waals surface area contributed by atoms with Crippen molar-refractivity contribution in [3.05, 3.63) is 24.3 Å². The van der Waals surface area contributed by atoms with Crippen LogP contribution in [0, 0.1) is 28.6 Å². The zero-order chi connectivity index (χ0) is 9.23. The highest BCUT2D eigenvalue weighted by Gasteiger charge is 1.88. The van der Waals surface area contributed by atoms with E-state index in [1.54, 1.807) is 0 Å². The number of hydrogen-bond acceptors (Lipinski definition) is 2. The van der Waals surface area contributed by atoms with Crippen LogP contribution in [0.25, 0.3) is 0 Å². The van der Waals surface area contributed by atoms with E-state index in [0.717, 1.165) is 12.8 Å². The van der Waals surface area contributed by atoms with Crippen LogP contribution in [0.1, 0.15) is 19.8 Å². The monoisotopic (exact) mass is 160 g/mol. The summed E-state index contributed by atoms with van der Waals surface area (Å²) in [5, 5.41) is 16.6. The van der Waals surface area contributed by atoms with Gasteiger partial charge in [-0.05, 0) is 19.8 Å². The Kier molecular flexibility index (Phi) is 6.59. The van der Waals surface area contributed by atoms with Gasteiger partial charge in [0, 0.05) is 6.08 Å². The molecule has 0 heterocycles. The van der Waals surface area contributed by atoms with Crippen molar-refractivity contribution in [2.45, 2.75) is 19.8 Å². The molecule has 2 nitrogen and oxygen atoms in total. The van der Waals surface area contributed by atoms with Crippen molar-refractivity contribution >= 4 is 0 Å². The second-order valence-corrected chi connectivity index (χ2v) is 2.45. The first-order valence-electron chi connectivity index (χ1n) is 3.92. The molecule has 12 heavy (non-hydrogen) atoms. The van der Waals surface area contributed by atoms with Crippen LogP contribution in [0.5, 0.6) is 0 Å². The summed E-state index contributed by atoms with van der Waals surface area (Å²) in [5.74, 6) is -0.00931. The van der Waals surface area contributed by atoms with Gasteiger partial charge in [0.1, 0.15) is 0 Å². The molecule has 0 radical (unpaired) electrons. The molecule has 1 unspecified atom stereocenters. The van der Waals surface area contributed by atoms with Crippen molar-refractivity contribution < 1.29 is 0 Å². The van der Waals surface area contributed by atoms with Gasteiger partial charge in [-0.3, -0.25) is 0 Å². The first-order chi connectivity index (χ1) is 5.81. The van der Waals surface area contributed by atoms with Crippen LogP contribution >= 0.6 is 0 Å². The van der Waals surface area contributed by atoms with E-state index in [2.05, 4.69) is 6.07 Å². The van der Waals surface area contributed by atoms with E-state index < -0.39 is 0 Å². The Morgan fingerprint density at radius 3 is 2.50 bits per heavy atom. The first kappa shape index (κ1) is 10.5. The fraction of sp³-hybridized carbons (Fsp3) is 0.400. The lowest BCUT2D eigenvalue weighted by molar-refractivity contribution is 0.935. The maximum absolute atomic E-state index is 8.42. The summed E-state index contributed by atoms with van der Waals surface area (Å²) in [6.45, 7) is 1.85. The van der Waals surface area contributed by atoms with Crippen molar-refractivity contribution in [3.63, 3.8) is 0 Å². The Morgan fingerprint density at radius 1 is 1.25 bits per heavy atom. The lowest BCUT2D eigenvalue weighted by Gasteiger charge is -1.89. The Morgan fingerprint density at radius 2 is 1.92 bits per heavy atom. The normalized spacial score (nSPS) is 12.9. The molecule has 62 valence electrons. The van der Waals surface area contributed by atoms with Crippen molar-refractivity contribution in [3.8, 4) is 12.1 Å². The van der Waals surface area contributed by atoms with Crippen molar-refractivity contribution in [1.82, 2.24) is 0 Å². The fourth-order valence-corrected chi connectivity index (χ4v) is 0.672. The Labute approximate surface area is 73.4 Å². The van der Waals surface area contributed by atoms with Crippen molar-refractivity contribution in [1.29, 1.82) is 10.5 Å². The molecule has 0 bridgehead atoms. The zero-order valence-electron chi connectivity index (χ0n) is 7.20. The van der Waals surface area contributed by atoms with E-state index in [0.29, 0.717) is 0 Å². The predicted octanol–water partition coefficient (Wildman–Crippen LogP) is 2.56. The molecular weight excluding hydrogens is 148 g/mol. The van der Waals surface area contributed by atoms with E-state index in [-0.39, 0.29) is 5.92 Å². The maximum atomic E-state index is 8.42. The third-order valence-electron chi connectivity index (χ3n) is 1.32. The molecule has 0 aliphatic rings. The SMILES string of the molecule is CC(C#N)C=CCCC=CC#N. The van der Waals surface area contributed by atoms with Gasteiger partial charge in [0.05, 0.1) is 18.1 Å². The van der Waals surface area contributed by atoms with Gasteiger partial charge in [-0.2, -0.15) is 10.5 Å². The van der Waals surface area contributed by atoms with Crippen LogP contribution in [-0.4, -0.2) is 0 Å². The molecule has 0 aromatic carbocycles. The molecule has 0 fully saturated rings. The summed E-state index contributed by atoms with van der Waals surface area (Å²) in [5.41, 5.74) is 0. The van der Waals surface area contributed by atoms with Gasteiger partial charge in [0.15, 0.2) is 0 Å². The molecule has 0 rings (SSSR count). The molecule has 0 N–H and O–H groups in total. The van der Waals surface area contributed by atoms with Crippen LogP contribution in [0.4, 0.5) is 0 Å². The van der Waals surface area contributed by atoms with Gasteiger partial charge in [0.2, 0.25) is 0 Å². The molecule has 0 aliphatic heterocycles. The number of nitriles is 2. The first-order valence-corrected chi connectivity index (χ1v) is 3.92. The Hall–Kier alpha value is -1.54. The average Bonchev–Trinajstić information content (AvgIpc) is 2.10. The van der Waals surface area contributed by atoms with Gasteiger partial charge in [-0.25, -0.2) is 0 Å². The quantitative estimate of drug-likeness (QED) is 0.360. The van der Waals surface area contributed by atoms with E-state index in [9.17, 15) is 0 Å². The van der Waals surface area contributed by atoms with Crippen molar-refractivity contribution in [2.75, 3.05) is 0 Å². The van der Waals surface area contributed by atoms with Gasteiger partial charge in [-0.15, -0.1) is 0 Å². The number of unbranched alkanes of at least 4 members (excludes halogenated alkanes) is 1. The third-order valence-corrected chi connectivity index (χ3v) is 1.32. The highest BCUT2D eigenvalue weighted by molar-refractivity contribution is 5.03. The van der Waals surface area contributed by atoms with E-state index in [4.69, 9.17) is 10.5 Å². The standard InChI is InChI=1S/C10H12N2/c1-10(9-12)7-5-3-2-4-6-8-11/h4-7,10H,2-3H2,1H3. The summed E-state index contributed by atoms with van der Waals surface area (Å²) in [6, 6.07) is 4.03. The van der Waals surface area contributed by atoms with Crippen LogP contribution in [0.2, 0.25) is 0 Å². The second-order valence-electron chi connectivity index (χ2n) is 2.45. The molecular formula is C10H12N2.